The molecule has 0 amide bonds. The molecule has 2 aromatic rings. The van der Waals surface area contributed by atoms with Crippen molar-refractivity contribution in [2.24, 2.45) is 5.92 Å². The minimum Gasteiger partial charge on any atom is -0.385 e. The lowest BCUT2D eigenvalue weighted by atomic mass is 10.2. The van der Waals surface area contributed by atoms with Gasteiger partial charge in [-0.15, -0.1) is 11.3 Å². The molecule has 0 bridgehead atoms. The number of nitrogens with zero attached hydrogens (tertiary/aromatic N) is 4. The van der Waals surface area contributed by atoms with E-state index in [4.69, 9.17) is 0 Å². The van der Waals surface area contributed by atoms with Crippen molar-refractivity contribution < 1.29 is 5.11 Å². The van der Waals surface area contributed by atoms with E-state index in [9.17, 15) is 5.11 Å². The molecule has 0 saturated heterocycles. The largest absolute Gasteiger partial charge is 0.385 e. The molecule has 1 N–H and O–H groups in total. The number of aliphatic hydroxyl groups excluding tert-OH is 1. The summed E-state index contributed by atoms with van der Waals surface area (Å²) in [6, 6.07) is 0. The summed E-state index contributed by atoms with van der Waals surface area (Å²) in [6.45, 7) is 5.08. The number of rotatable bonds is 5. The van der Waals surface area contributed by atoms with Crippen molar-refractivity contribution >= 4 is 33.9 Å². The Bertz CT molecular complexity index is 511. The van der Waals surface area contributed by atoms with E-state index in [-0.39, 0.29) is 0 Å². The van der Waals surface area contributed by atoms with Gasteiger partial charge in [0.25, 0.3) is 0 Å². The lowest BCUT2D eigenvalue weighted by Gasteiger charge is -2.10. The number of thiazole rings is 1. The van der Waals surface area contributed by atoms with Gasteiger partial charge in [-0.3, -0.25) is 0 Å². The third-order valence-corrected chi connectivity index (χ3v) is 4.22. The second-order valence-corrected chi connectivity index (χ2v) is 7.43. The fourth-order valence-corrected chi connectivity index (χ4v) is 3.07. The van der Waals surface area contributed by atoms with Gasteiger partial charge in [0.15, 0.2) is 0 Å². The van der Waals surface area contributed by atoms with Crippen molar-refractivity contribution in [3.05, 3.63) is 26.2 Å². The van der Waals surface area contributed by atoms with Crippen LogP contribution in [0.5, 0.6) is 0 Å². The molecule has 0 aliphatic rings. The molecule has 0 aliphatic carbocycles. The average Bonchev–Trinajstić information content (AvgIpc) is 2.88. The van der Waals surface area contributed by atoms with Crippen LogP contribution in [-0.2, 0) is 13.0 Å². The minimum atomic E-state index is -0.603. The molecule has 2 rings (SSSR count). The SMILES string of the molecule is CC(C)Cn1ncnc1CC(O)c1ncc(I)s1. The van der Waals surface area contributed by atoms with Crippen LogP contribution >= 0.6 is 33.9 Å². The van der Waals surface area contributed by atoms with Crippen molar-refractivity contribution in [2.45, 2.75) is 32.9 Å². The van der Waals surface area contributed by atoms with Crippen LogP contribution in [0, 0.1) is 8.80 Å². The molecular formula is C11H15IN4OS. The molecule has 2 aromatic heterocycles. The summed E-state index contributed by atoms with van der Waals surface area (Å²) in [4.78, 5) is 8.40. The van der Waals surface area contributed by atoms with E-state index in [1.54, 1.807) is 6.20 Å². The summed E-state index contributed by atoms with van der Waals surface area (Å²) in [6.07, 6.45) is 3.16. The van der Waals surface area contributed by atoms with Gasteiger partial charge in [-0.2, -0.15) is 5.10 Å². The number of aromatic nitrogens is 4. The Morgan fingerprint density at radius 1 is 1.44 bits per heavy atom. The van der Waals surface area contributed by atoms with Crippen LogP contribution in [-0.4, -0.2) is 24.9 Å². The highest BCUT2D eigenvalue weighted by molar-refractivity contribution is 14.1. The zero-order valence-corrected chi connectivity index (χ0v) is 13.2. The van der Waals surface area contributed by atoms with Gasteiger partial charge in [0.1, 0.15) is 23.3 Å². The van der Waals surface area contributed by atoms with E-state index < -0.39 is 6.10 Å². The van der Waals surface area contributed by atoms with E-state index in [2.05, 4.69) is 51.5 Å². The summed E-state index contributed by atoms with van der Waals surface area (Å²) in [5.74, 6) is 1.31. The van der Waals surface area contributed by atoms with Crippen molar-refractivity contribution in [2.75, 3.05) is 0 Å². The van der Waals surface area contributed by atoms with Gasteiger partial charge in [-0.1, -0.05) is 13.8 Å². The third kappa shape index (κ3) is 3.48. The predicted octanol–water partition coefficient (Wildman–Crippen LogP) is 2.27. The maximum atomic E-state index is 10.1. The molecule has 0 fully saturated rings. The second kappa shape index (κ2) is 6.07. The number of hydrogen-bond acceptors (Lipinski definition) is 5. The van der Waals surface area contributed by atoms with E-state index in [0.29, 0.717) is 12.3 Å². The first-order valence-electron chi connectivity index (χ1n) is 5.72. The Labute approximate surface area is 123 Å². The molecule has 0 aromatic carbocycles. The second-order valence-electron chi connectivity index (χ2n) is 4.47. The Kier molecular flexibility index (Phi) is 4.68. The first-order valence-corrected chi connectivity index (χ1v) is 7.61. The van der Waals surface area contributed by atoms with Crippen molar-refractivity contribution in [3.8, 4) is 0 Å². The molecule has 98 valence electrons. The van der Waals surface area contributed by atoms with Gasteiger partial charge in [0, 0.05) is 13.0 Å². The van der Waals surface area contributed by atoms with Crippen molar-refractivity contribution in [3.63, 3.8) is 0 Å². The number of hydrogen-bond donors (Lipinski definition) is 1. The van der Waals surface area contributed by atoms with Gasteiger partial charge in [0.2, 0.25) is 0 Å². The molecule has 7 heteroatoms. The molecule has 0 aliphatic heterocycles. The van der Waals surface area contributed by atoms with Crippen LogP contribution in [0.15, 0.2) is 12.5 Å². The Morgan fingerprint density at radius 3 is 2.83 bits per heavy atom. The molecular weight excluding hydrogens is 363 g/mol. The summed E-state index contributed by atoms with van der Waals surface area (Å²) in [5, 5.41) is 15.0. The first kappa shape index (κ1) is 13.9. The van der Waals surface area contributed by atoms with Gasteiger partial charge in [-0.05, 0) is 28.5 Å². The zero-order valence-electron chi connectivity index (χ0n) is 10.2. The fraction of sp³-hybridized carbons (Fsp3) is 0.545. The molecule has 0 radical (unpaired) electrons. The molecule has 18 heavy (non-hydrogen) atoms. The summed E-state index contributed by atoms with van der Waals surface area (Å²) < 4.78 is 2.93. The quantitative estimate of drug-likeness (QED) is 0.811. The van der Waals surface area contributed by atoms with Crippen LogP contribution in [0.3, 0.4) is 0 Å². The standard InChI is InChI=1S/C11H15IN4OS/c1-7(2)5-16-10(14-6-15-16)3-8(17)11-13-4-9(12)18-11/h4,6-8,17H,3,5H2,1-2H3. The lowest BCUT2D eigenvalue weighted by Crippen LogP contribution is -2.13. The maximum absolute atomic E-state index is 10.1. The van der Waals surface area contributed by atoms with Crippen molar-refractivity contribution in [1.82, 2.24) is 19.7 Å². The van der Waals surface area contributed by atoms with Crippen LogP contribution < -0.4 is 0 Å². The van der Waals surface area contributed by atoms with E-state index in [0.717, 1.165) is 20.3 Å². The molecule has 5 nitrogen and oxygen atoms in total. The summed E-state index contributed by atoms with van der Waals surface area (Å²) in [5.41, 5.74) is 0. The van der Waals surface area contributed by atoms with Crippen LogP contribution in [0.1, 0.15) is 30.8 Å². The average molecular weight is 378 g/mol. The Morgan fingerprint density at radius 2 is 2.22 bits per heavy atom. The highest BCUT2D eigenvalue weighted by atomic mass is 127. The van der Waals surface area contributed by atoms with Gasteiger partial charge >= 0.3 is 0 Å². The Hall–Kier alpha value is -0.540. The highest BCUT2D eigenvalue weighted by Crippen LogP contribution is 2.23. The summed E-state index contributed by atoms with van der Waals surface area (Å²) in [7, 11) is 0. The smallest absolute Gasteiger partial charge is 0.138 e. The third-order valence-electron chi connectivity index (χ3n) is 2.39. The monoisotopic (exact) mass is 378 g/mol. The summed E-state index contributed by atoms with van der Waals surface area (Å²) >= 11 is 3.70. The van der Waals surface area contributed by atoms with Crippen LogP contribution in [0.25, 0.3) is 0 Å². The van der Waals surface area contributed by atoms with E-state index >= 15 is 0 Å². The van der Waals surface area contributed by atoms with E-state index in [1.807, 2.05) is 4.68 Å². The topological polar surface area (TPSA) is 63.8 Å². The lowest BCUT2D eigenvalue weighted by molar-refractivity contribution is 0.173. The van der Waals surface area contributed by atoms with Gasteiger partial charge < -0.3 is 5.11 Å². The van der Waals surface area contributed by atoms with Gasteiger partial charge in [0.05, 0.1) is 9.08 Å². The molecule has 0 spiro atoms. The number of aliphatic hydroxyl groups is 1. The van der Waals surface area contributed by atoms with Gasteiger partial charge in [-0.25, -0.2) is 14.6 Å². The molecule has 0 saturated carbocycles. The molecule has 1 unspecified atom stereocenters. The molecule has 1 atom stereocenters. The maximum Gasteiger partial charge on any atom is 0.138 e. The van der Waals surface area contributed by atoms with Crippen LogP contribution in [0.2, 0.25) is 0 Å². The zero-order chi connectivity index (χ0) is 13.1. The fourth-order valence-electron chi connectivity index (χ4n) is 1.63. The minimum absolute atomic E-state index is 0.455. The Balaban J connectivity index is 2.07. The van der Waals surface area contributed by atoms with Crippen LogP contribution in [0.4, 0.5) is 0 Å². The molecule has 2 heterocycles. The van der Waals surface area contributed by atoms with Crippen molar-refractivity contribution in [1.29, 1.82) is 0 Å². The predicted molar refractivity (Wildman–Crippen MR) is 78.4 cm³/mol. The number of halogens is 1. The first-order chi connectivity index (χ1) is 8.56. The highest BCUT2D eigenvalue weighted by Gasteiger charge is 2.16. The normalized spacial score (nSPS) is 13.2. The van der Waals surface area contributed by atoms with E-state index in [1.165, 1.54) is 17.7 Å².